The molecule has 1 aromatic rings. The molecule has 0 amide bonds. The van der Waals surface area contributed by atoms with Crippen LogP contribution < -0.4 is 10.5 Å². The van der Waals surface area contributed by atoms with Gasteiger partial charge in [0.25, 0.3) is 0 Å². The summed E-state index contributed by atoms with van der Waals surface area (Å²) in [6, 6.07) is 0. The monoisotopic (exact) mass is 274 g/mol. The van der Waals surface area contributed by atoms with Gasteiger partial charge in [-0.05, 0) is 22.9 Å². The highest BCUT2D eigenvalue weighted by atomic mass is 79.9. The van der Waals surface area contributed by atoms with Crippen molar-refractivity contribution in [1.29, 1.82) is 0 Å². The fourth-order valence-electron chi connectivity index (χ4n) is 1.37. The number of hydrogen-bond acceptors (Lipinski definition) is 4. The molecule has 2 N–H and O–H groups in total. The molecule has 1 unspecified atom stereocenters. The molecule has 0 radical (unpaired) electrons. The normalized spacial score (nSPS) is 14.7. The Kier molecular flexibility index (Phi) is 4.07. The smallest absolute Gasteiger partial charge is 0.144 e. The van der Waals surface area contributed by atoms with Crippen molar-refractivity contribution < 1.29 is 9.47 Å². The first-order chi connectivity index (χ1) is 7.09. The second-order valence-corrected chi connectivity index (χ2v) is 4.19. The molecule has 0 saturated carbocycles. The highest BCUT2D eigenvalue weighted by Gasteiger charge is 2.30. The van der Waals surface area contributed by atoms with Gasteiger partial charge in [-0.1, -0.05) is 0 Å². The first kappa shape index (κ1) is 12.4. The third-order valence-electron chi connectivity index (χ3n) is 2.45. The molecular weight excluding hydrogens is 260 g/mol. The lowest BCUT2D eigenvalue weighted by Crippen LogP contribution is -2.34. The second-order valence-electron chi connectivity index (χ2n) is 3.34. The number of nitrogens with zero attached hydrogens (tertiary/aromatic N) is 1. The van der Waals surface area contributed by atoms with Crippen molar-refractivity contribution in [2.45, 2.75) is 12.5 Å². The third-order valence-corrected chi connectivity index (χ3v) is 3.05. The van der Waals surface area contributed by atoms with Crippen LogP contribution in [0.1, 0.15) is 12.5 Å². The van der Waals surface area contributed by atoms with E-state index in [0.717, 1.165) is 10.0 Å². The number of rotatable bonds is 4. The first-order valence-electron chi connectivity index (χ1n) is 4.52. The fraction of sp³-hybridized carbons (Fsp3) is 0.500. The minimum Gasteiger partial charge on any atom is -0.495 e. The molecule has 84 valence electrons. The summed E-state index contributed by atoms with van der Waals surface area (Å²) >= 11 is 3.43. The summed E-state index contributed by atoms with van der Waals surface area (Å²) in [4.78, 5) is 4.03. The van der Waals surface area contributed by atoms with Gasteiger partial charge in [0.05, 0.1) is 13.3 Å². The summed E-state index contributed by atoms with van der Waals surface area (Å²) in [6.45, 7) is 2.28. The Morgan fingerprint density at radius 3 is 2.60 bits per heavy atom. The van der Waals surface area contributed by atoms with Crippen LogP contribution in [0.15, 0.2) is 16.9 Å². The number of aromatic nitrogens is 1. The van der Waals surface area contributed by atoms with E-state index >= 15 is 0 Å². The van der Waals surface area contributed by atoms with Crippen LogP contribution in [0.2, 0.25) is 0 Å². The zero-order valence-corrected chi connectivity index (χ0v) is 10.7. The van der Waals surface area contributed by atoms with Crippen LogP contribution in [0.5, 0.6) is 5.75 Å². The number of pyridine rings is 1. The van der Waals surface area contributed by atoms with Gasteiger partial charge in [0.1, 0.15) is 11.4 Å². The Balaban J connectivity index is 3.33. The van der Waals surface area contributed by atoms with Gasteiger partial charge in [-0.3, -0.25) is 4.98 Å². The molecule has 0 fully saturated rings. The number of hydrogen-bond donors (Lipinski definition) is 1. The molecule has 1 rings (SSSR count). The van der Waals surface area contributed by atoms with Crippen LogP contribution in [-0.2, 0) is 10.3 Å². The lowest BCUT2D eigenvalue weighted by molar-refractivity contribution is 0.00749. The summed E-state index contributed by atoms with van der Waals surface area (Å²) in [5.74, 6) is 0.666. The van der Waals surface area contributed by atoms with Crippen LogP contribution in [0, 0.1) is 0 Å². The minimum absolute atomic E-state index is 0.364. The van der Waals surface area contributed by atoms with E-state index in [4.69, 9.17) is 15.2 Å². The lowest BCUT2D eigenvalue weighted by Gasteiger charge is -2.29. The molecule has 15 heavy (non-hydrogen) atoms. The van der Waals surface area contributed by atoms with Crippen LogP contribution in [-0.4, -0.2) is 25.7 Å². The van der Waals surface area contributed by atoms with Crippen molar-refractivity contribution in [3.8, 4) is 5.75 Å². The highest BCUT2D eigenvalue weighted by Crippen LogP contribution is 2.36. The predicted octanol–water partition coefficient (Wildman–Crippen LogP) is 1.67. The van der Waals surface area contributed by atoms with Gasteiger partial charge in [-0.25, -0.2) is 0 Å². The number of ether oxygens (including phenoxy) is 2. The molecule has 0 saturated heterocycles. The van der Waals surface area contributed by atoms with E-state index in [2.05, 4.69) is 20.9 Å². The minimum atomic E-state index is -0.576. The van der Waals surface area contributed by atoms with Crippen molar-refractivity contribution in [2.75, 3.05) is 20.8 Å². The molecule has 0 aliphatic rings. The van der Waals surface area contributed by atoms with Crippen molar-refractivity contribution >= 4 is 15.9 Å². The van der Waals surface area contributed by atoms with E-state index < -0.39 is 5.60 Å². The summed E-state index contributed by atoms with van der Waals surface area (Å²) in [5.41, 5.74) is 6.02. The summed E-state index contributed by atoms with van der Waals surface area (Å²) in [5, 5.41) is 0. The second kappa shape index (κ2) is 4.92. The third kappa shape index (κ3) is 2.30. The maximum Gasteiger partial charge on any atom is 0.144 e. The van der Waals surface area contributed by atoms with Crippen molar-refractivity contribution in [3.63, 3.8) is 0 Å². The van der Waals surface area contributed by atoms with Crippen LogP contribution in [0.3, 0.4) is 0 Å². The quantitative estimate of drug-likeness (QED) is 0.908. The van der Waals surface area contributed by atoms with Crippen LogP contribution in [0.25, 0.3) is 0 Å². The SMILES string of the molecule is COc1cncc(Br)c1C(C)(CN)OC. The maximum absolute atomic E-state index is 5.72. The summed E-state index contributed by atoms with van der Waals surface area (Å²) in [6.07, 6.45) is 3.35. The van der Waals surface area contributed by atoms with Gasteiger partial charge < -0.3 is 15.2 Å². The number of nitrogens with two attached hydrogens (primary N) is 1. The molecule has 0 bridgehead atoms. The van der Waals surface area contributed by atoms with Crippen molar-refractivity contribution in [1.82, 2.24) is 4.98 Å². The predicted molar refractivity (Wildman–Crippen MR) is 61.9 cm³/mol. The van der Waals surface area contributed by atoms with Crippen molar-refractivity contribution in [3.05, 3.63) is 22.4 Å². The molecule has 4 nitrogen and oxygen atoms in total. The Morgan fingerprint density at radius 1 is 1.47 bits per heavy atom. The summed E-state index contributed by atoms with van der Waals surface area (Å²) in [7, 11) is 3.22. The van der Waals surface area contributed by atoms with Gasteiger partial charge >= 0.3 is 0 Å². The number of halogens is 1. The van der Waals surface area contributed by atoms with E-state index in [1.54, 1.807) is 26.6 Å². The molecule has 0 aromatic carbocycles. The van der Waals surface area contributed by atoms with Gasteiger partial charge in [-0.2, -0.15) is 0 Å². The Hall–Kier alpha value is -0.650. The molecular formula is C10H15BrN2O2. The van der Waals surface area contributed by atoms with E-state index in [1.807, 2.05) is 6.92 Å². The highest BCUT2D eigenvalue weighted by molar-refractivity contribution is 9.10. The zero-order valence-electron chi connectivity index (χ0n) is 9.08. The van der Waals surface area contributed by atoms with E-state index in [0.29, 0.717) is 12.3 Å². The number of methoxy groups -OCH3 is 2. The van der Waals surface area contributed by atoms with Crippen molar-refractivity contribution in [2.24, 2.45) is 5.73 Å². The molecule has 1 aromatic heterocycles. The van der Waals surface area contributed by atoms with E-state index in [1.165, 1.54) is 0 Å². The van der Waals surface area contributed by atoms with Gasteiger partial charge in [0, 0.05) is 29.9 Å². The fourth-order valence-corrected chi connectivity index (χ4v) is 2.11. The van der Waals surface area contributed by atoms with Crippen LogP contribution >= 0.6 is 15.9 Å². The summed E-state index contributed by atoms with van der Waals surface area (Å²) < 4.78 is 11.5. The maximum atomic E-state index is 5.72. The largest absolute Gasteiger partial charge is 0.495 e. The zero-order chi connectivity index (χ0) is 11.5. The topological polar surface area (TPSA) is 57.4 Å². The molecule has 1 atom stereocenters. The van der Waals surface area contributed by atoms with E-state index in [9.17, 15) is 0 Å². The molecule has 0 aliphatic heterocycles. The Labute approximate surface area is 97.9 Å². The standard InChI is InChI=1S/C10H15BrN2O2/c1-10(6-12,15-3)9-7(11)4-13-5-8(9)14-2/h4-5H,6,12H2,1-3H3. The van der Waals surface area contributed by atoms with Gasteiger partial charge in [0.15, 0.2) is 0 Å². The molecule has 0 spiro atoms. The van der Waals surface area contributed by atoms with E-state index in [-0.39, 0.29) is 0 Å². The molecule has 5 heteroatoms. The first-order valence-corrected chi connectivity index (χ1v) is 5.31. The average molecular weight is 275 g/mol. The molecule has 0 aliphatic carbocycles. The van der Waals surface area contributed by atoms with Gasteiger partial charge in [0.2, 0.25) is 0 Å². The lowest BCUT2D eigenvalue weighted by atomic mass is 9.96. The van der Waals surface area contributed by atoms with Crippen LogP contribution in [0.4, 0.5) is 0 Å². The Morgan fingerprint density at radius 2 is 2.13 bits per heavy atom. The average Bonchev–Trinajstić information content (AvgIpc) is 2.27. The molecule has 1 heterocycles. The van der Waals surface area contributed by atoms with Gasteiger partial charge in [-0.15, -0.1) is 0 Å². The Bertz CT molecular complexity index is 340.